The second-order valence-electron chi connectivity index (χ2n) is 4.38. The van der Waals surface area contributed by atoms with Crippen molar-refractivity contribution in [3.8, 4) is 0 Å². The highest BCUT2D eigenvalue weighted by molar-refractivity contribution is 7.80. The molecule has 0 radical (unpaired) electrons. The molecule has 1 aliphatic rings. The van der Waals surface area contributed by atoms with Crippen LogP contribution in [-0.4, -0.2) is 41.6 Å². The fourth-order valence-electron chi connectivity index (χ4n) is 2.00. The molecule has 2 N–H and O–H groups in total. The highest BCUT2D eigenvalue weighted by Gasteiger charge is 2.20. The number of nitrogens with two attached hydrogens (primary N) is 1. The summed E-state index contributed by atoms with van der Waals surface area (Å²) >= 11 is 4.82. The van der Waals surface area contributed by atoms with Gasteiger partial charge >= 0.3 is 0 Å². The van der Waals surface area contributed by atoms with Gasteiger partial charge in [0.1, 0.15) is 0 Å². The Kier molecular flexibility index (Phi) is 6.44. The van der Waals surface area contributed by atoms with Crippen LogP contribution in [0.5, 0.6) is 0 Å². The van der Waals surface area contributed by atoms with Gasteiger partial charge in [-0.05, 0) is 26.2 Å². The molecule has 1 fully saturated rings. The number of hydrogen-bond donors (Lipinski definition) is 1. The van der Waals surface area contributed by atoms with E-state index < -0.39 is 0 Å². The molecule has 0 aromatic carbocycles. The molecular formula is C12H22N2O2S. The van der Waals surface area contributed by atoms with Crippen molar-refractivity contribution in [2.75, 3.05) is 19.7 Å². The average molecular weight is 258 g/mol. The molecule has 0 spiro atoms. The Bertz CT molecular complexity index is 265. The van der Waals surface area contributed by atoms with Gasteiger partial charge in [0, 0.05) is 26.1 Å². The molecule has 1 heterocycles. The zero-order chi connectivity index (χ0) is 12.7. The van der Waals surface area contributed by atoms with Crippen LogP contribution in [-0.2, 0) is 9.53 Å². The van der Waals surface area contributed by atoms with Crippen LogP contribution in [0.4, 0.5) is 0 Å². The first kappa shape index (κ1) is 14.4. The fraction of sp³-hybridized carbons (Fsp3) is 0.833. The maximum Gasteiger partial charge on any atom is 0.225 e. The molecule has 1 amide bonds. The van der Waals surface area contributed by atoms with Crippen molar-refractivity contribution in [2.45, 2.75) is 45.1 Å². The van der Waals surface area contributed by atoms with Gasteiger partial charge in [0.25, 0.3) is 0 Å². The number of rotatable bonds is 6. The predicted octanol–water partition coefficient (Wildman–Crippen LogP) is 1.47. The second-order valence-corrected chi connectivity index (χ2v) is 4.91. The second kappa shape index (κ2) is 7.61. The van der Waals surface area contributed by atoms with E-state index in [0.717, 1.165) is 25.9 Å². The molecule has 0 aromatic heterocycles. The van der Waals surface area contributed by atoms with Gasteiger partial charge in [-0.25, -0.2) is 0 Å². The lowest BCUT2D eigenvalue weighted by Gasteiger charge is -2.26. The maximum absolute atomic E-state index is 12.0. The third-order valence-corrected chi connectivity index (χ3v) is 3.24. The lowest BCUT2D eigenvalue weighted by atomic mass is 10.1. The number of carbonyl (C=O) groups is 1. The van der Waals surface area contributed by atoms with Crippen molar-refractivity contribution < 1.29 is 9.53 Å². The Morgan fingerprint density at radius 3 is 2.82 bits per heavy atom. The zero-order valence-electron chi connectivity index (χ0n) is 10.5. The Labute approximate surface area is 108 Å². The van der Waals surface area contributed by atoms with Crippen LogP contribution in [0.25, 0.3) is 0 Å². The summed E-state index contributed by atoms with van der Waals surface area (Å²) in [5.74, 6) is 0.149. The predicted molar refractivity (Wildman–Crippen MR) is 71.9 cm³/mol. The smallest absolute Gasteiger partial charge is 0.225 e. The summed E-state index contributed by atoms with van der Waals surface area (Å²) < 4.78 is 5.57. The molecule has 1 aliphatic heterocycles. The van der Waals surface area contributed by atoms with Crippen LogP contribution in [0.2, 0.25) is 0 Å². The lowest BCUT2D eigenvalue weighted by Crippen LogP contribution is -2.36. The van der Waals surface area contributed by atoms with Crippen molar-refractivity contribution in [3.63, 3.8) is 0 Å². The Morgan fingerprint density at radius 1 is 1.53 bits per heavy atom. The summed E-state index contributed by atoms with van der Waals surface area (Å²) in [6.07, 6.45) is 4.47. The Hall–Kier alpha value is -0.680. The number of ether oxygens (including phenoxy) is 1. The van der Waals surface area contributed by atoms with Gasteiger partial charge in [0.05, 0.1) is 17.5 Å². The summed E-state index contributed by atoms with van der Waals surface area (Å²) in [5, 5.41) is 0. The molecular weight excluding hydrogens is 236 g/mol. The summed E-state index contributed by atoms with van der Waals surface area (Å²) in [6, 6.07) is 0. The molecule has 1 saturated heterocycles. The van der Waals surface area contributed by atoms with Gasteiger partial charge < -0.3 is 15.4 Å². The third-order valence-electron chi connectivity index (χ3n) is 3.04. The quantitative estimate of drug-likeness (QED) is 0.733. The monoisotopic (exact) mass is 258 g/mol. The van der Waals surface area contributed by atoms with E-state index in [0.29, 0.717) is 30.9 Å². The molecule has 0 aliphatic carbocycles. The van der Waals surface area contributed by atoms with Crippen LogP contribution in [0.3, 0.4) is 0 Å². The molecule has 0 aromatic rings. The third kappa shape index (κ3) is 5.46. The van der Waals surface area contributed by atoms with Crippen molar-refractivity contribution in [3.05, 3.63) is 0 Å². The Morgan fingerprint density at radius 2 is 2.29 bits per heavy atom. The van der Waals surface area contributed by atoms with Gasteiger partial charge in [-0.2, -0.15) is 0 Å². The number of thiocarbonyl (C=S) groups is 1. The van der Waals surface area contributed by atoms with E-state index in [1.54, 1.807) is 4.90 Å². The van der Waals surface area contributed by atoms with Crippen LogP contribution < -0.4 is 5.73 Å². The van der Waals surface area contributed by atoms with Crippen LogP contribution in [0, 0.1) is 0 Å². The number of hydrogen-bond acceptors (Lipinski definition) is 3. The first-order valence-corrected chi connectivity index (χ1v) is 6.72. The van der Waals surface area contributed by atoms with Crippen molar-refractivity contribution in [1.29, 1.82) is 0 Å². The van der Waals surface area contributed by atoms with E-state index >= 15 is 0 Å². The minimum atomic E-state index is 0.107. The molecule has 0 bridgehead atoms. The van der Waals surface area contributed by atoms with Crippen molar-refractivity contribution in [2.24, 2.45) is 5.73 Å². The molecule has 1 atom stereocenters. The SMILES string of the molecule is CCN(CCC(N)=S)C(=O)CC1CCCCO1. The van der Waals surface area contributed by atoms with Gasteiger partial charge in [-0.1, -0.05) is 12.2 Å². The number of carbonyl (C=O) groups excluding carboxylic acids is 1. The van der Waals surface area contributed by atoms with E-state index in [1.165, 1.54) is 0 Å². The summed E-state index contributed by atoms with van der Waals surface area (Å²) in [6.45, 7) is 4.09. The topological polar surface area (TPSA) is 55.6 Å². The van der Waals surface area contributed by atoms with E-state index in [9.17, 15) is 4.79 Å². The van der Waals surface area contributed by atoms with E-state index in [1.807, 2.05) is 6.92 Å². The number of nitrogens with zero attached hydrogens (tertiary/aromatic N) is 1. The van der Waals surface area contributed by atoms with E-state index in [-0.39, 0.29) is 12.0 Å². The van der Waals surface area contributed by atoms with Crippen molar-refractivity contribution in [1.82, 2.24) is 4.90 Å². The highest BCUT2D eigenvalue weighted by Crippen LogP contribution is 2.16. The molecule has 1 rings (SSSR count). The highest BCUT2D eigenvalue weighted by atomic mass is 32.1. The lowest BCUT2D eigenvalue weighted by molar-refractivity contribution is -0.134. The summed E-state index contributed by atoms with van der Waals surface area (Å²) in [4.78, 5) is 14.3. The average Bonchev–Trinajstić information content (AvgIpc) is 2.30. The van der Waals surface area contributed by atoms with E-state index in [4.69, 9.17) is 22.7 Å². The zero-order valence-corrected chi connectivity index (χ0v) is 11.3. The van der Waals surface area contributed by atoms with Gasteiger partial charge in [-0.15, -0.1) is 0 Å². The fourth-order valence-corrected chi connectivity index (χ4v) is 2.09. The first-order chi connectivity index (χ1) is 8.13. The largest absolute Gasteiger partial charge is 0.393 e. The van der Waals surface area contributed by atoms with Crippen molar-refractivity contribution >= 4 is 23.1 Å². The first-order valence-electron chi connectivity index (χ1n) is 6.31. The molecule has 0 saturated carbocycles. The van der Waals surface area contributed by atoms with Crippen LogP contribution >= 0.6 is 12.2 Å². The summed E-state index contributed by atoms with van der Waals surface area (Å²) in [7, 11) is 0. The van der Waals surface area contributed by atoms with Gasteiger partial charge in [-0.3, -0.25) is 4.79 Å². The molecule has 4 nitrogen and oxygen atoms in total. The van der Waals surface area contributed by atoms with Crippen LogP contribution in [0.15, 0.2) is 0 Å². The molecule has 98 valence electrons. The minimum Gasteiger partial charge on any atom is -0.393 e. The van der Waals surface area contributed by atoms with Gasteiger partial charge in [0.2, 0.25) is 5.91 Å². The van der Waals surface area contributed by atoms with E-state index in [2.05, 4.69) is 0 Å². The van der Waals surface area contributed by atoms with Crippen LogP contribution in [0.1, 0.15) is 39.0 Å². The minimum absolute atomic E-state index is 0.107. The standard InChI is InChI=1S/C12H22N2O2S/c1-2-14(7-6-11(13)17)12(15)9-10-5-3-4-8-16-10/h10H,2-9H2,1H3,(H2,13,17). The number of amides is 1. The maximum atomic E-state index is 12.0. The van der Waals surface area contributed by atoms with Gasteiger partial charge in [0.15, 0.2) is 0 Å². The molecule has 1 unspecified atom stereocenters. The molecule has 5 heteroatoms. The summed E-state index contributed by atoms with van der Waals surface area (Å²) in [5.41, 5.74) is 5.45. The molecule has 17 heavy (non-hydrogen) atoms. The normalized spacial score (nSPS) is 19.9. The Balaban J connectivity index is 2.34.